The minimum atomic E-state index is 0.0344. The highest BCUT2D eigenvalue weighted by atomic mass is 16.5. The quantitative estimate of drug-likeness (QED) is 0.680. The van der Waals surface area contributed by atoms with Gasteiger partial charge in [-0.05, 0) is 50.4 Å². The zero-order valence-corrected chi connectivity index (χ0v) is 12.4. The Morgan fingerprint density at radius 2 is 1.83 bits per heavy atom. The van der Waals surface area contributed by atoms with Crippen LogP contribution in [0, 0.1) is 11.8 Å². The molecule has 0 saturated heterocycles. The molecule has 0 aromatic carbocycles. The van der Waals surface area contributed by atoms with Crippen LogP contribution in [-0.2, 0) is 9.47 Å². The van der Waals surface area contributed by atoms with Gasteiger partial charge in [-0.2, -0.15) is 0 Å². The van der Waals surface area contributed by atoms with Gasteiger partial charge in [0.1, 0.15) is 0 Å². The molecule has 0 amide bonds. The number of nitrogens with two attached hydrogens (primary N) is 1. The van der Waals surface area contributed by atoms with Crippen LogP contribution >= 0.6 is 0 Å². The van der Waals surface area contributed by atoms with E-state index in [9.17, 15) is 0 Å². The highest BCUT2D eigenvalue weighted by Gasteiger charge is 2.32. The van der Waals surface area contributed by atoms with Gasteiger partial charge < -0.3 is 15.2 Å². The third kappa shape index (κ3) is 5.68. The monoisotopic (exact) mass is 257 g/mol. The second-order valence-electron chi connectivity index (χ2n) is 6.15. The molecule has 1 aliphatic carbocycles. The van der Waals surface area contributed by atoms with Crippen LogP contribution in [0.5, 0.6) is 0 Å². The molecule has 0 atom stereocenters. The molecule has 0 bridgehead atoms. The fourth-order valence-corrected chi connectivity index (χ4v) is 2.81. The van der Waals surface area contributed by atoms with Gasteiger partial charge in [0.15, 0.2) is 0 Å². The van der Waals surface area contributed by atoms with E-state index < -0.39 is 0 Å². The van der Waals surface area contributed by atoms with Crippen molar-refractivity contribution >= 4 is 0 Å². The summed E-state index contributed by atoms with van der Waals surface area (Å²) in [6, 6.07) is 0. The first-order valence-electron chi connectivity index (χ1n) is 7.43. The van der Waals surface area contributed by atoms with Gasteiger partial charge in [0.25, 0.3) is 0 Å². The molecule has 108 valence electrons. The van der Waals surface area contributed by atoms with Crippen molar-refractivity contribution in [3.8, 4) is 0 Å². The molecule has 0 aliphatic heterocycles. The van der Waals surface area contributed by atoms with E-state index >= 15 is 0 Å². The zero-order chi connectivity index (χ0) is 13.4. The highest BCUT2D eigenvalue weighted by Crippen LogP contribution is 2.36. The Balaban J connectivity index is 2.11. The molecule has 0 spiro atoms. The maximum Gasteiger partial charge on any atom is 0.0487 e. The van der Waals surface area contributed by atoms with E-state index in [1.165, 1.54) is 12.8 Å². The molecule has 0 heterocycles. The van der Waals surface area contributed by atoms with E-state index in [1.807, 2.05) is 0 Å². The van der Waals surface area contributed by atoms with Crippen LogP contribution in [0.2, 0.25) is 0 Å². The number of methoxy groups -OCH3 is 1. The molecule has 1 rings (SSSR count). The molecular weight excluding hydrogens is 226 g/mol. The van der Waals surface area contributed by atoms with Crippen molar-refractivity contribution in [3.05, 3.63) is 0 Å². The van der Waals surface area contributed by atoms with Crippen LogP contribution in [0.3, 0.4) is 0 Å². The summed E-state index contributed by atoms with van der Waals surface area (Å²) in [4.78, 5) is 0. The molecule has 2 N–H and O–H groups in total. The lowest BCUT2D eigenvalue weighted by Crippen LogP contribution is -2.44. The average molecular weight is 257 g/mol. The van der Waals surface area contributed by atoms with E-state index in [2.05, 4.69) is 13.8 Å². The van der Waals surface area contributed by atoms with E-state index in [0.29, 0.717) is 0 Å². The first-order chi connectivity index (χ1) is 8.57. The summed E-state index contributed by atoms with van der Waals surface area (Å²) in [6.45, 7) is 7.02. The predicted octanol–water partition coefficient (Wildman–Crippen LogP) is 2.97. The average Bonchev–Trinajstić information content (AvgIpc) is 2.34. The third-order valence-corrected chi connectivity index (χ3v) is 4.35. The van der Waals surface area contributed by atoms with Crippen molar-refractivity contribution in [2.75, 3.05) is 26.9 Å². The van der Waals surface area contributed by atoms with E-state index in [-0.39, 0.29) is 5.54 Å². The summed E-state index contributed by atoms with van der Waals surface area (Å²) in [5.74, 6) is 1.68. The van der Waals surface area contributed by atoms with Crippen molar-refractivity contribution in [1.82, 2.24) is 0 Å². The second-order valence-corrected chi connectivity index (χ2v) is 6.15. The van der Waals surface area contributed by atoms with Crippen molar-refractivity contribution < 1.29 is 9.47 Å². The molecule has 3 heteroatoms. The maximum absolute atomic E-state index is 6.46. The fraction of sp³-hybridized carbons (Fsp3) is 1.00. The van der Waals surface area contributed by atoms with Gasteiger partial charge >= 0.3 is 0 Å². The molecule has 0 unspecified atom stereocenters. The Hall–Kier alpha value is -0.120. The zero-order valence-electron chi connectivity index (χ0n) is 12.4. The maximum atomic E-state index is 6.46. The van der Waals surface area contributed by atoms with Crippen molar-refractivity contribution in [2.24, 2.45) is 17.6 Å². The van der Waals surface area contributed by atoms with Gasteiger partial charge in [0.2, 0.25) is 0 Å². The summed E-state index contributed by atoms with van der Waals surface area (Å²) in [7, 11) is 1.72. The number of rotatable bonds is 8. The highest BCUT2D eigenvalue weighted by molar-refractivity contribution is 4.90. The van der Waals surface area contributed by atoms with E-state index in [1.54, 1.807) is 7.11 Å². The summed E-state index contributed by atoms with van der Waals surface area (Å²) in [5, 5.41) is 0. The summed E-state index contributed by atoms with van der Waals surface area (Å²) < 4.78 is 10.6. The molecule has 0 radical (unpaired) electrons. The molecular formula is C15H31NO2. The van der Waals surface area contributed by atoms with Crippen LogP contribution in [0.25, 0.3) is 0 Å². The van der Waals surface area contributed by atoms with Crippen LogP contribution in [-0.4, -0.2) is 32.5 Å². The van der Waals surface area contributed by atoms with Crippen LogP contribution in [0.15, 0.2) is 0 Å². The lowest BCUT2D eigenvalue weighted by molar-refractivity contribution is 0.0786. The molecule has 1 fully saturated rings. The Bertz CT molecular complexity index is 211. The lowest BCUT2D eigenvalue weighted by Gasteiger charge is -2.38. The van der Waals surface area contributed by atoms with Gasteiger partial charge in [-0.1, -0.05) is 13.8 Å². The summed E-state index contributed by atoms with van der Waals surface area (Å²) >= 11 is 0. The lowest BCUT2D eigenvalue weighted by atomic mass is 9.72. The Labute approximate surface area is 112 Å². The second kappa shape index (κ2) is 8.13. The van der Waals surface area contributed by atoms with Crippen LogP contribution < -0.4 is 5.73 Å². The summed E-state index contributed by atoms with van der Waals surface area (Å²) in [5.41, 5.74) is 6.49. The molecule has 0 aromatic heterocycles. The van der Waals surface area contributed by atoms with Gasteiger partial charge in [0.05, 0.1) is 0 Å². The standard InChI is InChI=1S/C15H31NO2/c1-13(2)14-5-7-15(16,8-6-14)9-12-18-11-4-10-17-3/h13-14H,4-12,16H2,1-3H3. The Morgan fingerprint density at radius 1 is 1.17 bits per heavy atom. The number of hydrogen-bond donors (Lipinski definition) is 1. The minimum Gasteiger partial charge on any atom is -0.385 e. The number of hydrogen-bond acceptors (Lipinski definition) is 3. The smallest absolute Gasteiger partial charge is 0.0487 e. The minimum absolute atomic E-state index is 0.0344. The molecule has 0 aromatic rings. The summed E-state index contributed by atoms with van der Waals surface area (Å²) in [6.07, 6.45) is 6.89. The fourth-order valence-electron chi connectivity index (χ4n) is 2.81. The van der Waals surface area contributed by atoms with Gasteiger partial charge in [-0.3, -0.25) is 0 Å². The largest absolute Gasteiger partial charge is 0.385 e. The molecule has 1 aliphatic rings. The van der Waals surface area contributed by atoms with Crippen LogP contribution in [0.4, 0.5) is 0 Å². The van der Waals surface area contributed by atoms with Gasteiger partial charge in [-0.25, -0.2) is 0 Å². The van der Waals surface area contributed by atoms with E-state index in [0.717, 1.165) is 57.3 Å². The van der Waals surface area contributed by atoms with Gasteiger partial charge in [-0.15, -0.1) is 0 Å². The van der Waals surface area contributed by atoms with E-state index in [4.69, 9.17) is 15.2 Å². The third-order valence-electron chi connectivity index (χ3n) is 4.35. The SMILES string of the molecule is COCCCOCCC1(N)CCC(C(C)C)CC1. The predicted molar refractivity (Wildman–Crippen MR) is 75.6 cm³/mol. The Kier molecular flexibility index (Phi) is 7.20. The molecule has 3 nitrogen and oxygen atoms in total. The van der Waals surface area contributed by atoms with Crippen molar-refractivity contribution in [1.29, 1.82) is 0 Å². The van der Waals surface area contributed by atoms with Crippen molar-refractivity contribution in [2.45, 2.75) is 57.9 Å². The molecule has 18 heavy (non-hydrogen) atoms. The van der Waals surface area contributed by atoms with Gasteiger partial charge in [0, 0.05) is 32.5 Å². The number of ether oxygens (including phenoxy) is 2. The molecule has 1 saturated carbocycles. The Morgan fingerprint density at radius 3 is 2.39 bits per heavy atom. The first kappa shape index (κ1) is 15.9. The topological polar surface area (TPSA) is 44.5 Å². The van der Waals surface area contributed by atoms with Crippen LogP contribution in [0.1, 0.15) is 52.4 Å². The first-order valence-corrected chi connectivity index (χ1v) is 7.43. The van der Waals surface area contributed by atoms with Crippen molar-refractivity contribution in [3.63, 3.8) is 0 Å². The normalized spacial score (nSPS) is 28.8.